The molecule has 5 rings (SSSR count). The summed E-state index contributed by atoms with van der Waals surface area (Å²) in [6.07, 6.45) is 3.96. The summed E-state index contributed by atoms with van der Waals surface area (Å²) in [7, 11) is 1.63. The molecular weight excluding hydrogens is 394 g/mol. The van der Waals surface area contributed by atoms with Gasteiger partial charge in [-0.1, -0.05) is 6.07 Å². The van der Waals surface area contributed by atoms with Crippen LogP contribution in [-0.4, -0.2) is 50.9 Å². The molecule has 3 aromatic rings. The molecular formula is C24H25N3O4. The molecule has 1 aromatic heterocycles. The predicted octanol–water partition coefficient (Wildman–Crippen LogP) is 3.58. The molecule has 0 spiro atoms. The molecule has 31 heavy (non-hydrogen) atoms. The summed E-state index contributed by atoms with van der Waals surface area (Å²) < 4.78 is 16.5. The molecule has 1 amide bonds. The van der Waals surface area contributed by atoms with Crippen molar-refractivity contribution in [3.8, 4) is 11.5 Å². The second kappa shape index (κ2) is 8.43. The van der Waals surface area contributed by atoms with Crippen LogP contribution in [0.4, 0.5) is 11.4 Å². The average molecular weight is 419 g/mol. The van der Waals surface area contributed by atoms with Crippen LogP contribution in [0.3, 0.4) is 0 Å². The largest absolute Gasteiger partial charge is 0.497 e. The Morgan fingerprint density at radius 3 is 2.90 bits per heavy atom. The number of rotatable bonds is 5. The van der Waals surface area contributed by atoms with E-state index in [4.69, 9.17) is 14.2 Å². The zero-order valence-electron chi connectivity index (χ0n) is 17.5. The fourth-order valence-electron chi connectivity index (χ4n) is 4.34. The monoisotopic (exact) mass is 419 g/mol. The Morgan fingerprint density at radius 2 is 2.06 bits per heavy atom. The van der Waals surface area contributed by atoms with Crippen molar-refractivity contribution in [3.05, 3.63) is 54.4 Å². The van der Waals surface area contributed by atoms with Crippen molar-refractivity contribution in [1.29, 1.82) is 0 Å². The van der Waals surface area contributed by atoms with Gasteiger partial charge in [-0.25, -0.2) is 0 Å². The summed E-state index contributed by atoms with van der Waals surface area (Å²) >= 11 is 0. The summed E-state index contributed by atoms with van der Waals surface area (Å²) in [5.74, 6) is 1.53. The molecule has 0 radical (unpaired) electrons. The second-order valence-corrected chi connectivity index (χ2v) is 7.82. The van der Waals surface area contributed by atoms with Crippen LogP contribution in [0.1, 0.15) is 17.9 Å². The molecule has 7 nitrogen and oxygen atoms in total. The van der Waals surface area contributed by atoms with Gasteiger partial charge in [0.25, 0.3) is 0 Å². The van der Waals surface area contributed by atoms with Crippen LogP contribution in [0, 0.1) is 0 Å². The normalized spacial score (nSPS) is 17.8. The number of nitrogens with zero attached hydrogens (tertiary/aromatic N) is 2. The van der Waals surface area contributed by atoms with Gasteiger partial charge in [0.2, 0.25) is 5.91 Å². The molecule has 2 aliphatic rings. The molecule has 2 aliphatic heterocycles. The molecule has 7 heteroatoms. The summed E-state index contributed by atoms with van der Waals surface area (Å²) in [5, 5.41) is 5.11. The summed E-state index contributed by atoms with van der Waals surface area (Å²) in [4.78, 5) is 19.5. The van der Waals surface area contributed by atoms with E-state index in [0.717, 1.165) is 65.5 Å². The Kier molecular flexibility index (Phi) is 5.34. The molecule has 0 saturated carbocycles. The van der Waals surface area contributed by atoms with Crippen molar-refractivity contribution in [2.24, 2.45) is 0 Å². The van der Waals surface area contributed by atoms with Crippen molar-refractivity contribution >= 4 is 28.1 Å². The average Bonchev–Trinajstić information content (AvgIpc) is 3.21. The summed E-state index contributed by atoms with van der Waals surface area (Å²) in [6, 6.07) is 11.8. The van der Waals surface area contributed by atoms with Crippen LogP contribution in [-0.2, 0) is 9.53 Å². The maximum absolute atomic E-state index is 12.9. The number of carbonyl (C=O) groups excluding carboxylic acids is 1. The molecule has 0 aliphatic carbocycles. The number of morpholine rings is 1. The SMILES string of the molecule is COc1ccc2c(c1)OCC2CC(=O)Nc1ccc(N2CCOCC2)c2ccncc12. The first-order chi connectivity index (χ1) is 15.2. The topological polar surface area (TPSA) is 72.9 Å². The minimum absolute atomic E-state index is 0.0259. The van der Waals surface area contributed by atoms with Crippen molar-refractivity contribution in [2.45, 2.75) is 12.3 Å². The predicted molar refractivity (Wildman–Crippen MR) is 119 cm³/mol. The van der Waals surface area contributed by atoms with Gasteiger partial charge in [0.05, 0.1) is 32.6 Å². The zero-order valence-corrected chi connectivity index (χ0v) is 17.5. The smallest absolute Gasteiger partial charge is 0.225 e. The maximum atomic E-state index is 12.9. The third-order valence-electron chi connectivity index (χ3n) is 5.95. The first-order valence-corrected chi connectivity index (χ1v) is 10.5. The Hall–Kier alpha value is -3.32. The van der Waals surface area contributed by atoms with Crippen LogP contribution in [0.25, 0.3) is 10.8 Å². The van der Waals surface area contributed by atoms with Gasteiger partial charge in [0.1, 0.15) is 11.5 Å². The third kappa shape index (κ3) is 3.88. The molecule has 1 saturated heterocycles. The first kappa shape index (κ1) is 19.6. The Labute approximate surface area is 180 Å². The van der Waals surface area contributed by atoms with Gasteiger partial charge in [0, 0.05) is 65.9 Å². The number of hydrogen-bond donors (Lipinski definition) is 1. The Balaban J connectivity index is 1.35. The number of nitrogens with one attached hydrogen (secondary N) is 1. The highest BCUT2D eigenvalue weighted by atomic mass is 16.5. The highest BCUT2D eigenvalue weighted by Gasteiger charge is 2.27. The fourth-order valence-corrected chi connectivity index (χ4v) is 4.34. The highest BCUT2D eigenvalue weighted by Crippen LogP contribution is 2.39. The van der Waals surface area contributed by atoms with Crippen LogP contribution >= 0.6 is 0 Å². The number of amides is 1. The van der Waals surface area contributed by atoms with E-state index in [0.29, 0.717) is 13.0 Å². The van der Waals surface area contributed by atoms with Gasteiger partial charge < -0.3 is 24.4 Å². The lowest BCUT2D eigenvalue weighted by Crippen LogP contribution is -2.36. The van der Waals surface area contributed by atoms with E-state index in [1.807, 2.05) is 36.5 Å². The third-order valence-corrected chi connectivity index (χ3v) is 5.95. The van der Waals surface area contributed by atoms with Crippen LogP contribution in [0.2, 0.25) is 0 Å². The zero-order chi connectivity index (χ0) is 21.2. The molecule has 1 atom stereocenters. The summed E-state index contributed by atoms with van der Waals surface area (Å²) in [6.45, 7) is 3.65. The number of fused-ring (bicyclic) bond motifs is 2. The number of ether oxygens (including phenoxy) is 3. The van der Waals surface area contributed by atoms with E-state index in [1.165, 1.54) is 0 Å². The molecule has 1 fully saturated rings. The van der Waals surface area contributed by atoms with Gasteiger partial charge in [-0.2, -0.15) is 0 Å². The minimum Gasteiger partial charge on any atom is -0.497 e. The Morgan fingerprint density at radius 1 is 1.19 bits per heavy atom. The number of anilines is 2. The van der Waals surface area contributed by atoms with E-state index in [2.05, 4.69) is 21.3 Å². The van der Waals surface area contributed by atoms with Gasteiger partial charge in [-0.15, -0.1) is 0 Å². The number of hydrogen-bond acceptors (Lipinski definition) is 6. The van der Waals surface area contributed by atoms with E-state index in [9.17, 15) is 4.79 Å². The van der Waals surface area contributed by atoms with Gasteiger partial charge in [0.15, 0.2) is 0 Å². The first-order valence-electron chi connectivity index (χ1n) is 10.5. The summed E-state index contributed by atoms with van der Waals surface area (Å²) in [5.41, 5.74) is 2.97. The van der Waals surface area contributed by atoms with E-state index in [1.54, 1.807) is 13.3 Å². The van der Waals surface area contributed by atoms with Gasteiger partial charge in [-0.05, 0) is 24.3 Å². The molecule has 160 valence electrons. The van der Waals surface area contributed by atoms with Crippen LogP contribution in [0.5, 0.6) is 11.5 Å². The van der Waals surface area contributed by atoms with Crippen molar-refractivity contribution in [3.63, 3.8) is 0 Å². The number of methoxy groups -OCH3 is 1. The highest BCUT2D eigenvalue weighted by molar-refractivity contribution is 6.06. The van der Waals surface area contributed by atoms with E-state index in [-0.39, 0.29) is 11.8 Å². The van der Waals surface area contributed by atoms with E-state index < -0.39 is 0 Å². The van der Waals surface area contributed by atoms with Crippen LogP contribution in [0.15, 0.2) is 48.8 Å². The number of pyridine rings is 1. The van der Waals surface area contributed by atoms with Gasteiger partial charge >= 0.3 is 0 Å². The maximum Gasteiger partial charge on any atom is 0.225 e. The quantitative estimate of drug-likeness (QED) is 0.682. The molecule has 1 unspecified atom stereocenters. The Bertz CT molecular complexity index is 1110. The number of benzene rings is 2. The minimum atomic E-state index is -0.0402. The van der Waals surface area contributed by atoms with Crippen molar-refractivity contribution in [1.82, 2.24) is 4.98 Å². The lowest BCUT2D eigenvalue weighted by molar-refractivity contribution is -0.116. The molecule has 2 aromatic carbocycles. The van der Waals surface area contributed by atoms with Crippen molar-refractivity contribution < 1.29 is 19.0 Å². The molecule has 0 bridgehead atoms. The number of aromatic nitrogens is 1. The molecule has 3 heterocycles. The van der Waals surface area contributed by atoms with Crippen molar-refractivity contribution in [2.75, 3.05) is 50.2 Å². The fraction of sp³-hybridized carbons (Fsp3) is 0.333. The number of carbonyl (C=O) groups is 1. The standard InChI is InChI=1S/C24H25N3O4/c1-29-17-2-3-18-16(15-31-23(18)13-17)12-24(28)26-21-4-5-22(27-8-10-30-11-9-27)19-6-7-25-14-20(19)21/h2-7,13-14,16H,8-12,15H2,1H3,(H,26,28). The molecule has 1 N–H and O–H groups in total. The van der Waals surface area contributed by atoms with Crippen LogP contribution < -0.4 is 19.7 Å². The lowest BCUT2D eigenvalue weighted by Gasteiger charge is -2.30. The van der Waals surface area contributed by atoms with Gasteiger partial charge in [-0.3, -0.25) is 9.78 Å². The second-order valence-electron chi connectivity index (χ2n) is 7.82. The lowest BCUT2D eigenvalue weighted by atomic mass is 9.97. The van der Waals surface area contributed by atoms with E-state index >= 15 is 0 Å².